The lowest BCUT2D eigenvalue weighted by Gasteiger charge is -2.22. The van der Waals surface area contributed by atoms with Gasteiger partial charge in [0.25, 0.3) is 0 Å². The summed E-state index contributed by atoms with van der Waals surface area (Å²) < 4.78 is 12.7. The minimum Gasteiger partial charge on any atom is -0.351 e. The summed E-state index contributed by atoms with van der Waals surface area (Å²) in [5.74, 6) is -0.260. The fourth-order valence-electron chi connectivity index (χ4n) is 2.41. The van der Waals surface area contributed by atoms with E-state index in [2.05, 4.69) is 10.6 Å². The van der Waals surface area contributed by atoms with E-state index in [0.29, 0.717) is 19.1 Å². The van der Waals surface area contributed by atoms with Crippen LogP contribution in [0.3, 0.4) is 0 Å². The molecule has 1 aromatic carbocycles. The van der Waals surface area contributed by atoms with E-state index in [4.69, 9.17) is 0 Å². The second-order valence-corrected chi connectivity index (χ2v) is 5.12. The molecule has 1 fully saturated rings. The standard InChI is InChI=1S/C15H21FN2O/c16-13-8-6-12(7-9-13)10-18-15(19)11-17-14-4-2-1-3-5-14/h6-9,14,17H,1-5,10-11H2,(H,18,19). The van der Waals surface area contributed by atoms with Gasteiger partial charge in [0.2, 0.25) is 5.91 Å². The quantitative estimate of drug-likeness (QED) is 0.857. The second kappa shape index (κ2) is 7.24. The Morgan fingerprint density at radius 1 is 1.16 bits per heavy atom. The highest BCUT2D eigenvalue weighted by Gasteiger charge is 2.13. The molecule has 0 radical (unpaired) electrons. The lowest BCUT2D eigenvalue weighted by Crippen LogP contribution is -2.39. The first-order chi connectivity index (χ1) is 9.24. The molecule has 19 heavy (non-hydrogen) atoms. The van der Waals surface area contributed by atoms with Gasteiger partial charge in [0.15, 0.2) is 0 Å². The predicted octanol–water partition coefficient (Wildman–Crippen LogP) is 2.36. The first kappa shape index (κ1) is 14.0. The van der Waals surface area contributed by atoms with E-state index < -0.39 is 0 Å². The van der Waals surface area contributed by atoms with Crippen molar-refractivity contribution in [2.75, 3.05) is 6.54 Å². The molecule has 1 amide bonds. The van der Waals surface area contributed by atoms with E-state index >= 15 is 0 Å². The number of carbonyl (C=O) groups excluding carboxylic acids is 1. The van der Waals surface area contributed by atoms with Gasteiger partial charge < -0.3 is 10.6 Å². The van der Waals surface area contributed by atoms with Crippen molar-refractivity contribution >= 4 is 5.91 Å². The van der Waals surface area contributed by atoms with Crippen LogP contribution in [0.15, 0.2) is 24.3 Å². The van der Waals surface area contributed by atoms with Gasteiger partial charge in [-0.3, -0.25) is 4.79 Å². The number of hydrogen-bond donors (Lipinski definition) is 2. The fraction of sp³-hybridized carbons (Fsp3) is 0.533. The van der Waals surface area contributed by atoms with Crippen molar-refractivity contribution in [2.45, 2.75) is 44.7 Å². The molecule has 1 aromatic rings. The van der Waals surface area contributed by atoms with Crippen LogP contribution in [0.2, 0.25) is 0 Å². The topological polar surface area (TPSA) is 41.1 Å². The summed E-state index contributed by atoms with van der Waals surface area (Å²) in [7, 11) is 0. The van der Waals surface area contributed by atoms with E-state index in [9.17, 15) is 9.18 Å². The maximum absolute atomic E-state index is 12.7. The molecule has 0 unspecified atom stereocenters. The molecule has 0 aromatic heterocycles. The minimum atomic E-state index is -0.256. The monoisotopic (exact) mass is 264 g/mol. The Morgan fingerprint density at radius 3 is 2.53 bits per heavy atom. The van der Waals surface area contributed by atoms with Crippen LogP contribution in [0.5, 0.6) is 0 Å². The van der Waals surface area contributed by atoms with Crippen LogP contribution in [0.1, 0.15) is 37.7 Å². The highest BCUT2D eigenvalue weighted by Crippen LogP contribution is 2.16. The van der Waals surface area contributed by atoms with Crippen molar-refractivity contribution in [3.8, 4) is 0 Å². The lowest BCUT2D eigenvalue weighted by atomic mass is 9.95. The molecule has 0 atom stereocenters. The van der Waals surface area contributed by atoms with Crippen LogP contribution in [-0.2, 0) is 11.3 Å². The van der Waals surface area contributed by atoms with Crippen molar-refractivity contribution in [3.05, 3.63) is 35.6 Å². The molecule has 104 valence electrons. The molecular weight excluding hydrogens is 243 g/mol. The number of rotatable bonds is 5. The molecule has 0 spiro atoms. The Hall–Kier alpha value is -1.42. The summed E-state index contributed by atoms with van der Waals surface area (Å²) in [6.07, 6.45) is 6.18. The number of nitrogens with one attached hydrogen (secondary N) is 2. The zero-order valence-electron chi connectivity index (χ0n) is 11.1. The van der Waals surface area contributed by atoms with Gasteiger partial charge >= 0.3 is 0 Å². The van der Waals surface area contributed by atoms with E-state index in [0.717, 1.165) is 5.56 Å². The summed E-state index contributed by atoms with van der Waals surface area (Å²) in [6, 6.07) is 6.67. The summed E-state index contributed by atoms with van der Waals surface area (Å²) in [5, 5.41) is 6.13. The molecular formula is C15H21FN2O. The molecule has 1 aliphatic carbocycles. The van der Waals surface area contributed by atoms with Crippen LogP contribution in [0.4, 0.5) is 4.39 Å². The molecule has 2 N–H and O–H groups in total. The number of amides is 1. The number of halogens is 1. The molecule has 2 rings (SSSR count). The van der Waals surface area contributed by atoms with E-state index in [1.54, 1.807) is 12.1 Å². The van der Waals surface area contributed by atoms with Crippen LogP contribution in [-0.4, -0.2) is 18.5 Å². The number of hydrogen-bond acceptors (Lipinski definition) is 2. The maximum Gasteiger partial charge on any atom is 0.234 e. The third-order valence-electron chi connectivity index (χ3n) is 3.56. The third-order valence-corrected chi connectivity index (χ3v) is 3.56. The van der Waals surface area contributed by atoms with E-state index in [1.165, 1.54) is 44.2 Å². The van der Waals surface area contributed by atoms with E-state index in [1.807, 2.05) is 0 Å². The molecule has 0 bridgehead atoms. The minimum absolute atomic E-state index is 0.00472. The Kier molecular flexibility index (Phi) is 5.33. The summed E-state index contributed by atoms with van der Waals surface area (Å²) in [4.78, 5) is 11.7. The van der Waals surface area contributed by atoms with E-state index in [-0.39, 0.29) is 11.7 Å². The predicted molar refractivity (Wildman–Crippen MR) is 73.1 cm³/mol. The second-order valence-electron chi connectivity index (χ2n) is 5.12. The van der Waals surface area contributed by atoms with Gasteiger partial charge in [-0.2, -0.15) is 0 Å². The van der Waals surface area contributed by atoms with Crippen LogP contribution >= 0.6 is 0 Å². The van der Waals surface area contributed by atoms with Crippen molar-refractivity contribution < 1.29 is 9.18 Å². The average Bonchev–Trinajstić information content (AvgIpc) is 2.45. The Balaban J connectivity index is 1.65. The first-order valence-electron chi connectivity index (χ1n) is 6.98. The Bertz CT molecular complexity index is 399. The zero-order valence-corrected chi connectivity index (χ0v) is 11.1. The molecule has 0 aliphatic heterocycles. The zero-order chi connectivity index (χ0) is 13.5. The van der Waals surface area contributed by atoms with Crippen molar-refractivity contribution in [1.29, 1.82) is 0 Å². The first-order valence-corrected chi connectivity index (χ1v) is 6.98. The van der Waals surface area contributed by atoms with Crippen molar-refractivity contribution in [3.63, 3.8) is 0 Å². The van der Waals surface area contributed by atoms with Gasteiger partial charge in [0.05, 0.1) is 6.54 Å². The summed E-state index contributed by atoms with van der Waals surface area (Å²) in [6.45, 7) is 0.817. The molecule has 1 saturated carbocycles. The van der Waals surface area contributed by atoms with Gasteiger partial charge in [-0.1, -0.05) is 31.4 Å². The molecule has 0 saturated heterocycles. The third kappa shape index (κ3) is 4.99. The average molecular weight is 264 g/mol. The van der Waals surface area contributed by atoms with Gasteiger partial charge in [-0.25, -0.2) is 4.39 Å². The smallest absolute Gasteiger partial charge is 0.234 e. The van der Waals surface area contributed by atoms with Gasteiger partial charge in [0.1, 0.15) is 5.82 Å². The molecule has 1 aliphatic rings. The van der Waals surface area contributed by atoms with Crippen molar-refractivity contribution in [1.82, 2.24) is 10.6 Å². The lowest BCUT2D eigenvalue weighted by molar-refractivity contribution is -0.120. The molecule has 3 nitrogen and oxygen atoms in total. The molecule has 0 heterocycles. The van der Waals surface area contributed by atoms with Crippen LogP contribution in [0.25, 0.3) is 0 Å². The fourth-order valence-corrected chi connectivity index (χ4v) is 2.41. The largest absolute Gasteiger partial charge is 0.351 e. The highest BCUT2D eigenvalue weighted by atomic mass is 19.1. The summed E-state index contributed by atoms with van der Waals surface area (Å²) in [5.41, 5.74) is 0.910. The normalized spacial score (nSPS) is 16.3. The molecule has 4 heteroatoms. The van der Waals surface area contributed by atoms with Gasteiger partial charge in [0, 0.05) is 12.6 Å². The SMILES string of the molecule is O=C(CNC1CCCCC1)NCc1ccc(F)cc1. The number of carbonyl (C=O) groups is 1. The maximum atomic E-state index is 12.7. The Morgan fingerprint density at radius 2 is 1.84 bits per heavy atom. The number of benzene rings is 1. The summed E-state index contributed by atoms with van der Waals surface area (Å²) >= 11 is 0. The van der Waals surface area contributed by atoms with Gasteiger partial charge in [-0.05, 0) is 30.5 Å². The van der Waals surface area contributed by atoms with Crippen LogP contribution in [0, 0.1) is 5.82 Å². The van der Waals surface area contributed by atoms with Crippen molar-refractivity contribution in [2.24, 2.45) is 0 Å². The Labute approximate surface area is 113 Å². The highest BCUT2D eigenvalue weighted by molar-refractivity contribution is 5.78. The van der Waals surface area contributed by atoms with Crippen LogP contribution < -0.4 is 10.6 Å². The van der Waals surface area contributed by atoms with Gasteiger partial charge in [-0.15, -0.1) is 0 Å².